The van der Waals surface area contributed by atoms with Gasteiger partial charge in [0.2, 0.25) is 0 Å². The number of hydrogen-bond acceptors (Lipinski definition) is 5. The van der Waals surface area contributed by atoms with Crippen LogP contribution in [0.4, 0.5) is 13.2 Å². The van der Waals surface area contributed by atoms with Crippen molar-refractivity contribution in [3.63, 3.8) is 0 Å². The fraction of sp³-hybridized carbons (Fsp3) is 0.414. The lowest BCUT2D eigenvalue weighted by Crippen LogP contribution is -2.49. The average molecular weight is 542 g/mol. The fourth-order valence-corrected chi connectivity index (χ4v) is 6.19. The van der Waals surface area contributed by atoms with E-state index in [9.17, 15) is 18.0 Å². The molecule has 3 heterocycles. The average Bonchev–Trinajstić information content (AvgIpc) is 3.17. The molecule has 2 bridgehead atoms. The minimum Gasteiger partial charge on any atom is -0.490 e. The van der Waals surface area contributed by atoms with Gasteiger partial charge in [-0.3, -0.25) is 4.79 Å². The highest BCUT2D eigenvalue weighted by molar-refractivity contribution is 7.98. The zero-order valence-electron chi connectivity index (χ0n) is 21.3. The van der Waals surface area contributed by atoms with Gasteiger partial charge in [0.05, 0.1) is 0 Å². The number of hydrogen-bond donors (Lipinski definition) is 0. The largest absolute Gasteiger partial charge is 0.490 e. The van der Waals surface area contributed by atoms with Gasteiger partial charge in [0.15, 0.2) is 5.16 Å². The van der Waals surface area contributed by atoms with Crippen LogP contribution in [0, 0.1) is 0 Å². The van der Waals surface area contributed by atoms with Crippen LogP contribution in [0.1, 0.15) is 72.6 Å². The third-order valence-corrected chi connectivity index (χ3v) is 8.18. The van der Waals surface area contributed by atoms with Crippen LogP contribution in [0.15, 0.2) is 66.0 Å². The van der Waals surface area contributed by atoms with E-state index in [0.717, 1.165) is 61.0 Å². The van der Waals surface area contributed by atoms with Crippen molar-refractivity contribution in [1.29, 1.82) is 0 Å². The molecule has 2 unspecified atom stereocenters. The molecule has 9 heteroatoms. The number of rotatable bonds is 7. The van der Waals surface area contributed by atoms with Crippen molar-refractivity contribution in [2.75, 3.05) is 0 Å². The molecule has 2 aliphatic heterocycles. The van der Waals surface area contributed by atoms with Crippen LogP contribution in [-0.4, -0.2) is 39.0 Å². The third-order valence-electron chi connectivity index (χ3n) is 7.25. The van der Waals surface area contributed by atoms with Crippen LogP contribution in [-0.2, 0) is 11.9 Å². The standard InChI is InChI=1S/C29H30F3N3O2S/c1-18(2)24-5-3-4-6-25(24)37-23-15-21-11-12-22(16-23)35(21)27(36)20-9-7-19(8-10-20)17-38-28-33-14-13-26(34-28)29(30,31)32/h3-10,13-14,18,21-23H,11-12,15-17H2,1-2H3. The number of aromatic nitrogens is 2. The SMILES string of the molecule is CC(C)c1ccccc1OC1CC2CCC(C1)N2C(=O)c1ccc(CSc2nccc(C(F)(F)F)n2)cc1. The maximum Gasteiger partial charge on any atom is 0.433 e. The predicted octanol–water partition coefficient (Wildman–Crippen LogP) is 7.13. The van der Waals surface area contributed by atoms with Gasteiger partial charge in [-0.05, 0) is 54.2 Å². The zero-order valence-corrected chi connectivity index (χ0v) is 22.1. The number of carbonyl (C=O) groups is 1. The van der Waals surface area contributed by atoms with Crippen molar-refractivity contribution >= 4 is 17.7 Å². The molecule has 2 aliphatic rings. The quantitative estimate of drug-likeness (QED) is 0.235. The van der Waals surface area contributed by atoms with Crippen LogP contribution in [0.25, 0.3) is 0 Å². The fourth-order valence-electron chi connectivity index (χ4n) is 5.41. The lowest BCUT2D eigenvalue weighted by Gasteiger charge is -2.39. The third kappa shape index (κ3) is 5.82. The Labute approximate surface area is 224 Å². The molecule has 0 spiro atoms. The molecule has 2 fully saturated rings. The molecule has 2 saturated heterocycles. The molecule has 0 aliphatic carbocycles. The van der Waals surface area contributed by atoms with E-state index in [1.54, 1.807) is 12.1 Å². The van der Waals surface area contributed by atoms with Gasteiger partial charge >= 0.3 is 6.18 Å². The van der Waals surface area contributed by atoms with E-state index >= 15 is 0 Å². The number of nitrogens with zero attached hydrogens (tertiary/aromatic N) is 3. The number of benzene rings is 2. The van der Waals surface area contributed by atoms with Gasteiger partial charge in [-0.15, -0.1) is 0 Å². The Morgan fingerprint density at radius 2 is 1.74 bits per heavy atom. The van der Waals surface area contributed by atoms with Gasteiger partial charge in [0.1, 0.15) is 17.5 Å². The van der Waals surface area contributed by atoms with Crippen molar-refractivity contribution in [2.45, 2.75) is 80.7 Å². The molecule has 200 valence electrons. The number of thioether (sulfide) groups is 1. The Hall–Kier alpha value is -3.07. The van der Waals surface area contributed by atoms with E-state index in [1.807, 2.05) is 35.2 Å². The number of fused-ring (bicyclic) bond motifs is 2. The second-order valence-electron chi connectivity index (χ2n) is 10.2. The molecule has 0 N–H and O–H groups in total. The highest BCUT2D eigenvalue weighted by Gasteiger charge is 2.44. The van der Waals surface area contributed by atoms with Crippen LogP contribution < -0.4 is 4.74 Å². The summed E-state index contributed by atoms with van der Waals surface area (Å²) >= 11 is 1.13. The van der Waals surface area contributed by atoms with Gasteiger partial charge in [0.25, 0.3) is 5.91 Å². The molecular formula is C29H30F3N3O2S. The second-order valence-corrected chi connectivity index (χ2v) is 11.2. The van der Waals surface area contributed by atoms with Crippen molar-refractivity contribution in [2.24, 2.45) is 0 Å². The summed E-state index contributed by atoms with van der Waals surface area (Å²) in [5.41, 5.74) is 1.75. The zero-order chi connectivity index (χ0) is 26.9. The number of carbonyl (C=O) groups excluding carboxylic acids is 1. The van der Waals surface area contributed by atoms with Crippen LogP contribution in [0.2, 0.25) is 0 Å². The summed E-state index contributed by atoms with van der Waals surface area (Å²) in [6, 6.07) is 16.6. The van der Waals surface area contributed by atoms with Gasteiger partial charge in [-0.2, -0.15) is 13.2 Å². The summed E-state index contributed by atoms with van der Waals surface area (Å²) in [7, 11) is 0. The molecule has 1 amide bonds. The molecule has 5 rings (SSSR count). The first-order valence-electron chi connectivity index (χ1n) is 12.9. The summed E-state index contributed by atoms with van der Waals surface area (Å²) in [5, 5.41) is 0.0673. The molecule has 38 heavy (non-hydrogen) atoms. The maximum atomic E-state index is 13.4. The summed E-state index contributed by atoms with van der Waals surface area (Å²) in [6.45, 7) is 4.33. The molecule has 2 atom stereocenters. The second kappa shape index (κ2) is 11.0. The summed E-state index contributed by atoms with van der Waals surface area (Å²) < 4.78 is 45.1. The molecule has 3 aromatic rings. The first-order chi connectivity index (χ1) is 18.2. The first-order valence-corrected chi connectivity index (χ1v) is 13.9. The van der Waals surface area contributed by atoms with E-state index in [2.05, 4.69) is 29.9 Å². The van der Waals surface area contributed by atoms with E-state index in [0.29, 0.717) is 17.2 Å². The van der Waals surface area contributed by atoms with Crippen molar-refractivity contribution in [3.8, 4) is 5.75 Å². The van der Waals surface area contributed by atoms with Crippen LogP contribution >= 0.6 is 11.8 Å². The smallest absolute Gasteiger partial charge is 0.433 e. The number of para-hydroxylation sites is 1. The number of halogens is 3. The highest BCUT2D eigenvalue weighted by Crippen LogP contribution is 2.39. The molecule has 2 aromatic carbocycles. The molecule has 1 aromatic heterocycles. The minimum absolute atomic E-state index is 0.0268. The molecule has 5 nitrogen and oxygen atoms in total. The Bertz CT molecular complexity index is 1270. The van der Waals surface area contributed by atoms with Gasteiger partial charge in [-0.1, -0.05) is 55.9 Å². The Kier molecular flexibility index (Phi) is 7.66. The number of amides is 1. The summed E-state index contributed by atoms with van der Waals surface area (Å²) in [4.78, 5) is 23.0. The predicted molar refractivity (Wildman–Crippen MR) is 140 cm³/mol. The lowest BCUT2D eigenvalue weighted by molar-refractivity contribution is -0.141. The number of alkyl halides is 3. The van der Waals surface area contributed by atoms with Crippen molar-refractivity contribution in [1.82, 2.24) is 14.9 Å². The number of ether oxygens (including phenoxy) is 1. The normalized spacial score (nSPS) is 21.1. The maximum absolute atomic E-state index is 13.4. The Morgan fingerprint density at radius 3 is 2.39 bits per heavy atom. The lowest BCUT2D eigenvalue weighted by atomic mass is 9.97. The monoisotopic (exact) mass is 541 g/mol. The number of piperidine rings is 1. The first kappa shape index (κ1) is 26.5. The Balaban J connectivity index is 1.20. The van der Waals surface area contributed by atoms with E-state index in [1.165, 1.54) is 5.56 Å². The van der Waals surface area contributed by atoms with Crippen LogP contribution in [0.3, 0.4) is 0 Å². The summed E-state index contributed by atoms with van der Waals surface area (Å²) in [5.74, 6) is 1.75. The van der Waals surface area contributed by atoms with Gasteiger partial charge in [0, 0.05) is 42.4 Å². The highest BCUT2D eigenvalue weighted by atomic mass is 32.2. The van der Waals surface area contributed by atoms with Gasteiger partial charge in [-0.25, -0.2) is 9.97 Å². The van der Waals surface area contributed by atoms with Crippen molar-refractivity contribution < 1.29 is 22.7 Å². The minimum atomic E-state index is -4.50. The van der Waals surface area contributed by atoms with Crippen molar-refractivity contribution in [3.05, 3.63) is 83.2 Å². The van der Waals surface area contributed by atoms with Crippen LogP contribution in [0.5, 0.6) is 5.75 Å². The molecule has 0 radical (unpaired) electrons. The molecular weight excluding hydrogens is 511 g/mol. The summed E-state index contributed by atoms with van der Waals surface area (Å²) in [6.07, 6.45) is 0.307. The topological polar surface area (TPSA) is 55.3 Å². The van der Waals surface area contributed by atoms with E-state index < -0.39 is 11.9 Å². The van der Waals surface area contributed by atoms with E-state index in [4.69, 9.17) is 4.74 Å². The van der Waals surface area contributed by atoms with E-state index in [-0.39, 0.29) is 29.3 Å². The Morgan fingerprint density at radius 1 is 1.05 bits per heavy atom. The van der Waals surface area contributed by atoms with Gasteiger partial charge < -0.3 is 9.64 Å². The molecule has 0 saturated carbocycles.